The number of nitrogens with zero attached hydrogens (tertiary/aromatic N) is 3. The van der Waals surface area contributed by atoms with Crippen LogP contribution in [0.15, 0.2) is 6.20 Å². The Morgan fingerprint density at radius 3 is 2.85 bits per heavy atom. The van der Waals surface area contributed by atoms with Crippen LogP contribution >= 0.6 is 0 Å². The zero-order valence-corrected chi connectivity index (χ0v) is 11.7. The molecule has 0 spiro atoms. The SMILES string of the molecule is CO[C@@H]1O[C@H](Cn2nncc2CO)[C@H]2OC(C)(C)O[C@@H]12. The van der Waals surface area contributed by atoms with E-state index in [1.807, 2.05) is 13.8 Å². The summed E-state index contributed by atoms with van der Waals surface area (Å²) in [6, 6.07) is 0. The van der Waals surface area contributed by atoms with Gasteiger partial charge in [0, 0.05) is 7.11 Å². The number of aliphatic hydroxyl groups is 1. The maximum absolute atomic E-state index is 9.23. The van der Waals surface area contributed by atoms with E-state index in [0.717, 1.165) is 0 Å². The molecular weight excluding hydrogens is 266 g/mol. The summed E-state index contributed by atoms with van der Waals surface area (Å²) in [7, 11) is 1.58. The average Bonchev–Trinajstić information content (AvgIpc) is 3.04. The van der Waals surface area contributed by atoms with Gasteiger partial charge in [-0.25, -0.2) is 4.68 Å². The van der Waals surface area contributed by atoms with Crippen molar-refractivity contribution in [1.29, 1.82) is 0 Å². The van der Waals surface area contributed by atoms with E-state index in [9.17, 15) is 5.11 Å². The molecule has 20 heavy (non-hydrogen) atoms. The van der Waals surface area contributed by atoms with E-state index >= 15 is 0 Å². The third-order valence-corrected chi connectivity index (χ3v) is 3.55. The van der Waals surface area contributed by atoms with Crippen molar-refractivity contribution in [2.45, 2.75) is 57.4 Å². The second kappa shape index (κ2) is 5.05. The van der Waals surface area contributed by atoms with Gasteiger partial charge in [0.25, 0.3) is 0 Å². The highest BCUT2D eigenvalue weighted by Crippen LogP contribution is 2.39. The summed E-state index contributed by atoms with van der Waals surface area (Å²) in [4.78, 5) is 0. The number of hydrogen-bond acceptors (Lipinski definition) is 7. The molecule has 3 heterocycles. The van der Waals surface area contributed by atoms with Crippen molar-refractivity contribution in [3.05, 3.63) is 11.9 Å². The molecule has 112 valence electrons. The molecular formula is C12H19N3O5. The fourth-order valence-electron chi connectivity index (χ4n) is 2.70. The minimum atomic E-state index is -0.656. The second-order valence-corrected chi connectivity index (χ2v) is 5.41. The lowest BCUT2D eigenvalue weighted by molar-refractivity contribution is -0.228. The minimum Gasteiger partial charge on any atom is -0.390 e. The highest BCUT2D eigenvalue weighted by molar-refractivity contribution is 4.97. The zero-order valence-electron chi connectivity index (χ0n) is 11.7. The molecule has 0 saturated carbocycles. The molecule has 0 radical (unpaired) electrons. The first-order chi connectivity index (χ1) is 9.54. The van der Waals surface area contributed by atoms with Gasteiger partial charge in [-0.2, -0.15) is 0 Å². The van der Waals surface area contributed by atoms with E-state index in [1.165, 1.54) is 6.20 Å². The second-order valence-electron chi connectivity index (χ2n) is 5.41. The van der Waals surface area contributed by atoms with Crippen LogP contribution in [0, 0.1) is 0 Å². The van der Waals surface area contributed by atoms with Crippen LogP contribution in [-0.2, 0) is 32.1 Å². The Kier molecular flexibility index (Phi) is 3.51. The summed E-state index contributed by atoms with van der Waals surface area (Å²) in [5.41, 5.74) is 0.629. The molecule has 2 fully saturated rings. The van der Waals surface area contributed by atoms with Crippen molar-refractivity contribution in [1.82, 2.24) is 15.0 Å². The molecule has 2 saturated heterocycles. The third kappa shape index (κ3) is 2.33. The molecule has 0 amide bonds. The molecule has 4 atom stereocenters. The number of hydrogen-bond donors (Lipinski definition) is 1. The van der Waals surface area contributed by atoms with Gasteiger partial charge in [-0.1, -0.05) is 5.21 Å². The van der Waals surface area contributed by atoms with Crippen molar-refractivity contribution in [2.75, 3.05) is 7.11 Å². The molecule has 8 heteroatoms. The Labute approximate surface area is 116 Å². The standard InChI is InChI=1S/C12H19N3O5/c1-12(2)19-9-8(18-11(17-3)10(9)20-12)5-15-7(6-16)4-13-14-15/h4,8-11,16H,5-6H2,1-3H3/t8-,9-,10-,11-/m1/s1. The van der Waals surface area contributed by atoms with Crippen LogP contribution in [0.1, 0.15) is 19.5 Å². The van der Waals surface area contributed by atoms with Crippen LogP contribution in [0.3, 0.4) is 0 Å². The van der Waals surface area contributed by atoms with E-state index in [2.05, 4.69) is 10.3 Å². The monoisotopic (exact) mass is 285 g/mol. The highest BCUT2D eigenvalue weighted by atomic mass is 16.8. The molecule has 0 bridgehead atoms. The molecule has 2 aliphatic rings. The normalized spacial score (nSPS) is 35.4. The van der Waals surface area contributed by atoms with Crippen molar-refractivity contribution in [3.63, 3.8) is 0 Å². The molecule has 2 aliphatic heterocycles. The van der Waals surface area contributed by atoms with Gasteiger partial charge < -0.3 is 24.1 Å². The first-order valence-corrected chi connectivity index (χ1v) is 6.56. The topological polar surface area (TPSA) is 87.9 Å². The van der Waals surface area contributed by atoms with Gasteiger partial charge in [0.1, 0.15) is 18.3 Å². The fraction of sp³-hybridized carbons (Fsp3) is 0.833. The minimum absolute atomic E-state index is 0.121. The van der Waals surface area contributed by atoms with Crippen LogP contribution in [0.5, 0.6) is 0 Å². The molecule has 1 aromatic rings. The lowest BCUT2D eigenvalue weighted by Gasteiger charge is -2.23. The molecule has 1 N–H and O–H groups in total. The molecule has 8 nitrogen and oxygen atoms in total. The van der Waals surface area contributed by atoms with Gasteiger partial charge in [0.05, 0.1) is 25.0 Å². The first kappa shape index (κ1) is 13.9. The predicted octanol–water partition coefficient (Wildman–Crippen LogP) is -0.338. The summed E-state index contributed by atoms with van der Waals surface area (Å²) in [6.07, 6.45) is 0.300. The van der Waals surface area contributed by atoms with Crippen molar-refractivity contribution < 1.29 is 24.1 Å². The Morgan fingerprint density at radius 1 is 1.40 bits per heavy atom. The largest absolute Gasteiger partial charge is 0.390 e. The van der Waals surface area contributed by atoms with Crippen LogP contribution in [0.2, 0.25) is 0 Å². The highest BCUT2D eigenvalue weighted by Gasteiger charge is 2.55. The van der Waals surface area contributed by atoms with E-state index in [4.69, 9.17) is 18.9 Å². The third-order valence-electron chi connectivity index (χ3n) is 3.55. The molecule has 0 unspecified atom stereocenters. The zero-order chi connectivity index (χ0) is 14.3. The van der Waals surface area contributed by atoms with Crippen molar-refractivity contribution in [2.24, 2.45) is 0 Å². The lowest BCUT2D eigenvalue weighted by Crippen LogP contribution is -2.33. The number of aliphatic hydroxyl groups excluding tert-OH is 1. The average molecular weight is 285 g/mol. The molecule has 0 aliphatic carbocycles. The van der Waals surface area contributed by atoms with Gasteiger partial charge in [-0.05, 0) is 13.8 Å². The van der Waals surface area contributed by atoms with Gasteiger partial charge >= 0.3 is 0 Å². The van der Waals surface area contributed by atoms with Gasteiger partial charge in [0.15, 0.2) is 12.1 Å². The van der Waals surface area contributed by atoms with Gasteiger partial charge in [-0.3, -0.25) is 0 Å². The Hall–Kier alpha value is -1.06. The molecule has 1 aromatic heterocycles. The molecule has 3 rings (SSSR count). The quantitative estimate of drug-likeness (QED) is 0.809. The van der Waals surface area contributed by atoms with E-state index < -0.39 is 12.1 Å². The summed E-state index contributed by atoms with van der Waals surface area (Å²) >= 11 is 0. The number of methoxy groups -OCH3 is 1. The lowest BCUT2D eigenvalue weighted by atomic mass is 10.1. The summed E-state index contributed by atoms with van der Waals surface area (Å²) in [5.74, 6) is -0.656. The van der Waals surface area contributed by atoms with E-state index in [1.54, 1.807) is 11.8 Å². The maximum atomic E-state index is 9.23. The number of fused-ring (bicyclic) bond motifs is 1. The van der Waals surface area contributed by atoms with Crippen molar-refractivity contribution in [3.8, 4) is 0 Å². The predicted molar refractivity (Wildman–Crippen MR) is 65.4 cm³/mol. The van der Waals surface area contributed by atoms with Crippen LogP contribution in [-0.4, -0.2) is 57.6 Å². The van der Waals surface area contributed by atoms with Crippen LogP contribution in [0.25, 0.3) is 0 Å². The van der Waals surface area contributed by atoms with Gasteiger partial charge in [0.2, 0.25) is 0 Å². The fourth-order valence-corrected chi connectivity index (χ4v) is 2.70. The van der Waals surface area contributed by atoms with Crippen LogP contribution in [0.4, 0.5) is 0 Å². The Bertz CT molecular complexity index is 477. The number of rotatable bonds is 4. The number of aromatic nitrogens is 3. The first-order valence-electron chi connectivity index (χ1n) is 6.56. The summed E-state index contributed by atoms with van der Waals surface area (Å²) in [5, 5.41) is 17.0. The van der Waals surface area contributed by atoms with Crippen LogP contribution < -0.4 is 0 Å². The van der Waals surface area contributed by atoms with E-state index in [-0.39, 0.29) is 24.9 Å². The summed E-state index contributed by atoms with van der Waals surface area (Å²) < 4.78 is 24.4. The van der Waals surface area contributed by atoms with Crippen molar-refractivity contribution >= 4 is 0 Å². The van der Waals surface area contributed by atoms with Gasteiger partial charge in [-0.15, -0.1) is 5.10 Å². The summed E-state index contributed by atoms with van der Waals surface area (Å²) in [6.45, 7) is 4.04. The number of ether oxygens (including phenoxy) is 4. The Balaban J connectivity index is 1.77. The van der Waals surface area contributed by atoms with E-state index in [0.29, 0.717) is 12.2 Å². The smallest absolute Gasteiger partial charge is 0.186 e. The molecule has 0 aromatic carbocycles. The maximum Gasteiger partial charge on any atom is 0.186 e. The Morgan fingerprint density at radius 2 is 2.15 bits per heavy atom.